The Hall–Kier alpha value is -1.83. The van der Waals surface area contributed by atoms with Crippen molar-refractivity contribution in [1.29, 1.82) is 0 Å². The Balaban J connectivity index is 2.50. The lowest BCUT2D eigenvalue weighted by Crippen LogP contribution is -1.79. The van der Waals surface area contributed by atoms with Crippen LogP contribution in [0.4, 0.5) is 0 Å². The quantitative estimate of drug-likeness (QED) is 0.596. The summed E-state index contributed by atoms with van der Waals surface area (Å²) in [5, 5.41) is 2.31. The van der Waals surface area contributed by atoms with Gasteiger partial charge in [-0.05, 0) is 18.1 Å². The molecule has 0 unspecified atom stereocenters. The first-order valence-corrected chi connectivity index (χ1v) is 5.14. The molecule has 0 aliphatic carbocycles. The average molecular weight is 197 g/mol. The van der Waals surface area contributed by atoms with Crippen molar-refractivity contribution in [1.82, 2.24) is 4.98 Å². The van der Waals surface area contributed by atoms with Gasteiger partial charge in [-0.1, -0.05) is 25.1 Å². The summed E-state index contributed by atoms with van der Waals surface area (Å²) in [4.78, 5) is 4.36. The first-order valence-electron chi connectivity index (χ1n) is 5.14. The van der Waals surface area contributed by atoms with Gasteiger partial charge in [0.2, 0.25) is 0 Å². The summed E-state index contributed by atoms with van der Waals surface area (Å²) in [6.07, 6.45) is 4.63. The Bertz CT molecular complexity index is 625. The fraction of sp³-hybridized carbons (Fsp3) is 0.154. The lowest BCUT2D eigenvalue weighted by atomic mass is 10.1. The van der Waals surface area contributed by atoms with Crippen molar-refractivity contribution in [3.63, 3.8) is 0 Å². The predicted octanol–water partition coefficient (Wildman–Crippen LogP) is 3.54. The van der Waals surface area contributed by atoms with E-state index in [4.69, 9.17) is 4.42 Å². The van der Waals surface area contributed by atoms with E-state index in [9.17, 15) is 0 Å². The number of pyridine rings is 1. The fourth-order valence-corrected chi connectivity index (χ4v) is 1.96. The molecule has 1 aromatic carbocycles. The standard InChI is InChI=1S/C13H11NO/c1-2-9-8-15-13-11(9)6-5-10-4-3-7-14-12(10)13/h3-8H,2H2,1H3. The van der Waals surface area contributed by atoms with Gasteiger partial charge in [-0.2, -0.15) is 0 Å². The molecule has 2 heterocycles. The van der Waals surface area contributed by atoms with Crippen LogP contribution in [0, 0.1) is 0 Å². The minimum Gasteiger partial charge on any atom is -0.462 e. The Labute approximate surface area is 87.5 Å². The zero-order valence-corrected chi connectivity index (χ0v) is 8.53. The molecule has 0 aliphatic heterocycles. The van der Waals surface area contributed by atoms with Crippen LogP contribution in [-0.4, -0.2) is 4.98 Å². The number of furan rings is 1. The maximum Gasteiger partial charge on any atom is 0.160 e. The largest absolute Gasteiger partial charge is 0.462 e. The first kappa shape index (κ1) is 8.48. The lowest BCUT2D eigenvalue weighted by Gasteiger charge is -1.97. The molecule has 3 aromatic rings. The van der Waals surface area contributed by atoms with E-state index in [1.807, 2.05) is 12.3 Å². The summed E-state index contributed by atoms with van der Waals surface area (Å²) >= 11 is 0. The van der Waals surface area contributed by atoms with E-state index >= 15 is 0 Å². The second kappa shape index (κ2) is 3.09. The van der Waals surface area contributed by atoms with Crippen molar-refractivity contribution >= 4 is 21.9 Å². The molecular weight excluding hydrogens is 186 g/mol. The van der Waals surface area contributed by atoms with E-state index in [1.165, 1.54) is 10.9 Å². The molecule has 15 heavy (non-hydrogen) atoms. The smallest absolute Gasteiger partial charge is 0.160 e. The van der Waals surface area contributed by atoms with Crippen molar-refractivity contribution in [3.05, 3.63) is 42.3 Å². The van der Waals surface area contributed by atoms with E-state index in [1.54, 1.807) is 6.20 Å². The number of benzene rings is 1. The van der Waals surface area contributed by atoms with E-state index in [-0.39, 0.29) is 0 Å². The lowest BCUT2D eigenvalue weighted by molar-refractivity contribution is 0.613. The van der Waals surface area contributed by atoms with Gasteiger partial charge in [-0.3, -0.25) is 4.98 Å². The van der Waals surface area contributed by atoms with Crippen molar-refractivity contribution in [2.75, 3.05) is 0 Å². The monoisotopic (exact) mass is 197 g/mol. The van der Waals surface area contributed by atoms with Gasteiger partial charge in [0.25, 0.3) is 0 Å². The summed E-state index contributed by atoms with van der Waals surface area (Å²) in [5.41, 5.74) is 3.11. The molecule has 2 aromatic heterocycles. The van der Waals surface area contributed by atoms with E-state index in [2.05, 4.69) is 30.1 Å². The summed E-state index contributed by atoms with van der Waals surface area (Å²) in [7, 11) is 0. The fourth-order valence-electron chi connectivity index (χ4n) is 1.96. The number of hydrogen-bond acceptors (Lipinski definition) is 2. The molecule has 74 valence electrons. The van der Waals surface area contributed by atoms with Crippen LogP contribution in [0.1, 0.15) is 12.5 Å². The average Bonchev–Trinajstić information content (AvgIpc) is 2.72. The van der Waals surface area contributed by atoms with Crippen LogP contribution in [0.2, 0.25) is 0 Å². The number of nitrogens with zero attached hydrogens (tertiary/aromatic N) is 1. The summed E-state index contributed by atoms with van der Waals surface area (Å²) in [6, 6.07) is 8.20. The molecule has 0 saturated carbocycles. The summed E-state index contributed by atoms with van der Waals surface area (Å²) in [5.74, 6) is 0. The summed E-state index contributed by atoms with van der Waals surface area (Å²) < 4.78 is 5.59. The van der Waals surface area contributed by atoms with Gasteiger partial charge < -0.3 is 4.42 Å². The molecule has 2 heteroatoms. The minimum atomic E-state index is 0.907. The zero-order valence-electron chi connectivity index (χ0n) is 8.53. The van der Waals surface area contributed by atoms with Crippen LogP contribution in [0.5, 0.6) is 0 Å². The Morgan fingerprint density at radius 1 is 1.27 bits per heavy atom. The molecule has 2 nitrogen and oxygen atoms in total. The Kier molecular flexibility index (Phi) is 1.75. The Morgan fingerprint density at radius 3 is 3.07 bits per heavy atom. The third-order valence-corrected chi connectivity index (χ3v) is 2.77. The highest BCUT2D eigenvalue weighted by atomic mass is 16.3. The van der Waals surface area contributed by atoms with Gasteiger partial charge in [0, 0.05) is 17.0 Å². The third-order valence-electron chi connectivity index (χ3n) is 2.77. The molecule has 0 N–H and O–H groups in total. The van der Waals surface area contributed by atoms with E-state index < -0.39 is 0 Å². The summed E-state index contributed by atoms with van der Waals surface area (Å²) in [6.45, 7) is 2.13. The van der Waals surface area contributed by atoms with E-state index in [0.717, 1.165) is 22.9 Å². The van der Waals surface area contributed by atoms with Crippen LogP contribution >= 0.6 is 0 Å². The maximum atomic E-state index is 5.59. The van der Waals surface area contributed by atoms with Crippen LogP contribution in [-0.2, 0) is 6.42 Å². The molecule has 3 rings (SSSR count). The molecule has 0 fully saturated rings. The topological polar surface area (TPSA) is 26.0 Å². The van der Waals surface area contributed by atoms with Crippen LogP contribution in [0.3, 0.4) is 0 Å². The highest BCUT2D eigenvalue weighted by Crippen LogP contribution is 2.27. The first-order chi connectivity index (χ1) is 7.40. The molecule has 0 atom stereocenters. The minimum absolute atomic E-state index is 0.907. The van der Waals surface area contributed by atoms with Crippen molar-refractivity contribution < 1.29 is 4.42 Å². The SMILES string of the molecule is CCc1coc2c1ccc1cccnc12. The van der Waals surface area contributed by atoms with Gasteiger partial charge in [0.15, 0.2) is 5.58 Å². The zero-order chi connectivity index (χ0) is 10.3. The van der Waals surface area contributed by atoms with E-state index in [0.29, 0.717) is 0 Å². The molecule has 0 amide bonds. The van der Waals surface area contributed by atoms with Gasteiger partial charge >= 0.3 is 0 Å². The van der Waals surface area contributed by atoms with Gasteiger partial charge in [0.1, 0.15) is 5.52 Å². The van der Waals surface area contributed by atoms with Crippen LogP contribution < -0.4 is 0 Å². The number of fused-ring (bicyclic) bond motifs is 3. The third kappa shape index (κ3) is 1.14. The van der Waals surface area contributed by atoms with Gasteiger partial charge in [-0.25, -0.2) is 0 Å². The van der Waals surface area contributed by atoms with Crippen molar-refractivity contribution in [3.8, 4) is 0 Å². The second-order valence-electron chi connectivity index (χ2n) is 3.63. The number of hydrogen-bond donors (Lipinski definition) is 0. The normalized spacial score (nSPS) is 11.3. The molecular formula is C13H11NO. The van der Waals surface area contributed by atoms with Crippen molar-refractivity contribution in [2.24, 2.45) is 0 Å². The number of aryl methyl sites for hydroxylation is 1. The maximum absolute atomic E-state index is 5.59. The second-order valence-corrected chi connectivity index (χ2v) is 3.63. The molecule has 0 spiro atoms. The van der Waals surface area contributed by atoms with Crippen LogP contribution in [0.25, 0.3) is 21.9 Å². The highest BCUT2D eigenvalue weighted by molar-refractivity contribution is 6.02. The van der Waals surface area contributed by atoms with Crippen LogP contribution in [0.15, 0.2) is 41.1 Å². The predicted molar refractivity (Wildman–Crippen MR) is 60.9 cm³/mol. The van der Waals surface area contributed by atoms with Gasteiger partial charge in [0.05, 0.1) is 6.26 Å². The number of rotatable bonds is 1. The van der Waals surface area contributed by atoms with Crippen molar-refractivity contribution in [2.45, 2.75) is 13.3 Å². The molecule has 0 aliphatic rings. The van der Waals surface area contributed by atoms with Gasteiger partial charge in [-0.15, -0.1) is 0 Å². The molecule has 0 radical (unpaired) electrons. The Morgan fingerprint density at radius 2 is 2.20 bits per heavy atom. The number of aromatic nitrogens is 1. The molecule has 0 saturated heterocycles. The highest BCUT2D eigenvalue weighted by Gasteiger charge is 2.07. The molecule has 0 bridgehead atoms.